The van der Waals surface area contributed by atoms with Crippen LogP contribution in [-0.2, 0) is 16.1 Å². The van der Waals surface area contributed by atoms with E-state index in [1.807, 2.05) is 6.92 Å². The average Bonchev–Trinajstić information content (AvgIpc) is 3.08. The van der Waals surface area contributed by atoms with E-state index >= 15 is 0 Å². The van der Waals surface area contributed by atoms with Crippen LogP contribution in [0.25, 0.3) is 0 Å². The second-order valence-corrected chi connectivity index (χ2v) is 8.35. The van der Waals surface area contributed by atoms with Crippen LogP contribution in [0.3, 0.4) is 0 Å². The lowest BCUT2D eigenvalue weighted by molar-refractivity contribution is -0.143. The minimum atomic E-state index is -1.37. The van der Waals surface area contributed by atoms with Crippen molar-refractivity contribution in [3.8, 4) is 0 Å². The number of likely N-dealkylation sites (N-methyl/N-ethyl adjacent to an activating group) is 2. The number of amides is 3. The summed E-state index contributed by atoms with van der Waals surface area (Å²) in [5.41, 5.74) is 0.280. The van der Waals surface area contributed by atoms with Crippen molar-refractivity contribution in [2.75, 3.05) is 18.5 Å². The van der Waals surface area contributed by atoms with Crippen LogP contribution in [0, 0.1) is 0 Å². The van der Waals surface area contributed by atoms with E-state index in [0.717, 1.165) is 5.56 Å². The van der Waals surface area contributed by atoms with Gasteiger partial charge in [-0.15, -0.1) is 0 Å². The van der Waals surface area contributed by atoms with E-state index in [1.165, 1.54) is 14.7 Å². The molecule has 30 heavy (non-hydrogen) atoms. The summed E-state index contributed by atoms with van der Waals surface area (Å²) in [6, 6.07) is 12.0. The molecule has 0 saturated carbocycles. The van der Waals surface area contributed by atoms with Crippen LogP contribution >= 0.6 is 23.2 Å². The van der Waals surface area contributed by atoms with E-state index in [0.29, 0.717) is 27.8 Å². The summed E-state index contributed by atoms with van der Waals surface area (Å²) in [6.07, 6.45) is 0.441. The Morgan fingerprint density at radius 3 is 2.60 bits per heavy atom. The SMILES string of the molecule is CCN1C(=O)c2ccccc2N2C(=O)CC[C@]12C(=O)N(C)Cc1ccc(Cl)cc1Cl. The van der Waals surface area contributed by atoms with E-state index in [-0.39, 0.29) is 37.1 Å². The molecule has 0 unspecified atom stereocenters. The molecule has 156 valence electrons. The smallest absolute Gasteiger partial charge is 0.270 e. The molecule has 0 bridgehead atoms. The molecule has 2 aromatic rings. The van der Waals surface area contributed by atoms with E-state index in [4.69, 9.17) is 23.2 Å². The number of carbonyl (C=O) groups is 3. The van der Waals surface area contributed by atoms with E-state index in [9.17, 15) is 14.4 Å². The summed E-state index contributed by atoms with van der Waals surface area (Å²) >= 11 is 12.3. The lowest BCUT2D eigenvalue weighted by atomic mass is 9.95. The zero-order chi connectivity index (χ0) is 21.6. The predicted molar refractivity (Wildman–Crippen MR) is 116 cm³/mol. The Labute approximate surface area is 184 Å². The molecular formula is C22H21Cl2N3O3. The van der Waals surface area contributed by atoms with Crippen molar-refractivity contribution in [1.82, 2.24) is 9.80 Å². The van der Waals surface area contributed by atoms with Crippen LogP contribution in [-0.4, -0.2) is 46.8 Å². The standard InChI is InChI=1S/C22H21Cl2N3O3/c1-3-26-20(29)16-6-4-5-7-18(16)27-19(28)10-11-22(26,27)21(30)25(2)13-14-8-9-15(23)12-17(14)24/h4-9,12H,3,10-11,13H2,1-2H3/t22-/m0/s1. The van der Waals surface area contributed by atoms with Crippen LogP contribution in [0.5, 0.6) is 0 Å². The van der Waals surface area contributed by atoms with Gasteiger partial charge in [0.1, 0.15) is 0 Å². The molecule has 8 heteroatoms. The monoisotopic (exact) mass is 445 g/mol. The lowest BCUT2D eigenvalue weighted by Crippen LogP contribution is -2.70. The van der Waals surface area contributed by atoms with Crippen molar-refractivity contribution in [3.05, 3.63) is 63.6 Å². The third kappa shape index (κ3) is 2.97. The first-order valence-electron chi connectivity index (χ1n) is 9.74. The Morgan fingerprint density at radius 2 is 1.90 bits per heavy atom. The van der Waals surface area contributed by atoms with E-state index in [1.54, 1.807) is 49.5 Å². The highest BCUT2D eigenvalue weighted by molar-refractivity contribution is 6.35. The highest BCUT2D eigenvalue weighted by atomic mass is 35.5. The molecule has 2 aliphatic heterocycles. The quantitative estimate of drug-likeness (QED) is 0.715. The summed E-state index contributed by atoms with van der Waals surface area (Å²) in [5, 5.41) is 0.965. The van der Waals surface area contributed by atoms with Gasteiger partial charge in [-0.3, -0.25) is 19.3 Å². The van der Waals surface area contributed by atoms with Crippen molar-refractivity contribution in [1.29, 1.82) is 0 Å². The first-order chi connectivity index (χ1) is 14.3. The fourth-order valence-corrected chi connectivity index (χ4v) is 4.94. The van der Waals surface area contributed by atoms with Gasteiger partial charge < -0.3 is 9.80 Å². The number of halogens is 2. The zero-order valence-corrected chi connectivity index (χ0v) is 18.2. The van der Waals surface area contributed by atoms with Gasteiger partial charge in [0.2, 0.25) is 11.6 Å². The van der Waals surface area contributed by atoms with Gasteiger partial charge in [0.25, 0.3) is 11.8 Å². The number of para-hydroxylation sites is 1. The Kier molecular flexibility index (Phi) is 5.24. The summed E-state index contributed by atoms with van der Waals surface area (Å²) in [4.78, 5) is 44.5. The highest BCUT2D eigenvalue weighted by Gasteiger charge is 2.61. The van der Waals surface area contributed by atoms with Crippen LogP contribution in [0.1, 0.15) is 35.7 Å². The Balaban J connectivity index is 1.77. The van der Waals surface area contributed by atoms with Crippen LogP contribution in [0.4, 0.5) is 5.69 Å². The molecule has 3 amide bonds. The second-order valence-electron chi connectivity index (χ2n) is 7.51. The minimum Gasteiger partial charge on any atom is -0.338 e. The van der Waals surface area contributed by atoms with E-state index in [2.05, 4.69) is 0 Å². The minimum absolute atomic E-state index is 0.167. The van der Waals surface area contributed by atoms with Gasteiger partial charge in [0.15, 0.2) is 0 Å². The Morgan fingerprint density at radius 1 is 1.17 bits per heavy atom. The number of rotatable bonds is 4. The maximum atomic E-state index is 13.8. The molecule has 0 aliphatic carbocycles. The lowest BCUT2D eigenvalue weighted by Gasteiger charge is -2.50. The van der Waals surface area contributed by atoms with Gasteiger partial charge in [-0.05, 0) is 36.8 Å². The Bertz CT molecular complexity index is 1060. The van der Waals surface area contributed by atoms with Gasteiger partial charge >= 0.3 is 0 Å². The molecule has 2 heterocycles. The van der Waals surface area contributed by atoms with Gasteiger partial charge in [-0.25, -0.2) is 0 Å². The number of benzene rings is 2. The van der Waals surface area contributed by atoms with Crippen LogP contribution in [0.2, 0.25) is 10.0 Å². The number of hydrogen-bond donors (Lipinski definition) is 0. The fourth-order valence-electron chi connectivity index (χ4n) is 4.47. The van der Waals surface area contributed by atoms with Gasteiger partial charge in [-0.1, -0.05) is 41.4 Å². The van der Waals surface area contributed by atoms with Gasteiger partial charge in [-0.2, -0.15) is 0 Å². The number of nitrogens with zero attached hydrogens (tertiary/aromatic N) is 3. The second kappa shape index (κ2) is 7.60. The summed E-state index contributed by atoms with van der Waals surface area (Å²) in [5.74, 6) is -0.728. The third-order valence-electron chi connectivity index (χ3n) is 5.80. The van der Waals surface area contributed by atoms with Crippen molar-refractivity contribution < 1.29 is 14.4 Å². The molecule has 0 radical (unpaired) electrons. The third-order valence-corrected chi connectivity index (χ3v) is 6.39. The average molecular weight is 446 g/mol. The predicted octanol–water partition coefficient (Wildman–Crippen LogP) is 3.95. The number of carbonyl (C=O) groups excluding carboxylic acids is 3. The normalized spacial score (nSPS) is 20.3. The molecule has 0 aromatic heterocycles. The van der Waals surface area contributed by atoms with Gasteiger partial charge in [0, 0.05) is 43.0 Å². The van der Waals surface area contributed by atoms with Crippen molar-refractivity contribution in [2.24, 2.45) is 0 Å². The molecule has 1 saturated heterocycles. The van der Waals surface area contributed by atoms with Crippen LogP contribution in [0.15, 0.2) is 42.5 Å². The maximum absolute atomic E-state index is 13.8. The molecule has 4 rings (SSSR count). The molecule has 6 nitrogen and oxygen atoms in total. The number of anilines is 1. The van der Waals surface area contributed by atoms with Crippen LogP contribution < -0.4 is 4.90 Å². The molecule has 0 spiro atoms. The topological polar surface area (TPSA) is 60.9 Å². The first kappa shape index (κ1) is 20.7. The first-order valence-corrected chi connectivity index (χ1v) is 10.5. The summed E-state index contributed by atoms with van der Waals surface area (Å²) in [6.45, 7) is 2.35. The molecule has 2 aliphatic rings. The van der Waals surface area contributed by atoms with Crippen molar-refractivity contribution in [3.63, 3.8) is 0 Å². The largest absolute Gasteiger partial charge is 0.338 e. The van der Waals surface area contributed by atoms with E-state index < -0.39 is 5.66 Å². The van der Waals surface area contributed by atoms with Crippen molar-refractivity contribution in [2.45, 2.75) is 32.0 Å². The fraction of sp³-hybridized carbons (Fsp3) is 0.318. The zero-order valence-electron chi connectivity index (χ0n) is 16.7. The highest BCUT2D eigenvalue weighted by Crippen LogP contribution is 2.45. The number of hydrogen-bond acceptors (Lipinski definition) is 3. The van der Waals surface area contributed by atoms with Gasteiger partial charge in [0.05, 0.1) is 11.3 Å². The number of fused-ring (bicyclic) bond motifs is 3. The Hall–Kier alpha value is -2.57. The summed E-state index contributed by atoms with van der Waals surface area (Å²) in [7, 11) is 1.65. The molecular weight excluding hydrogens is 425 g/mol. The molecule has 1 atom stereocenters. The molecule has 2 aromatic carbocycles. The summed E-state index contributed by atoms with van der Waals surface area (Å²) < 4.78 is 0. The molecule has 0 N–H and O–H groups in total. The van der Waals surface area contributed by atoms with Crippen molar-refractivity contribution >= 4 is 46.6 Å². The molecule has 1 fully saturated rings. The maximum Gasteiger partial charge on any atom is 0.270 e.